The van der Waals surface area contributed by atoms with E-state index in [9.17, 15) is 14.9 Å². The average molecular weight is 303 g/mol. The smallest absolute Gasteiger partial charge is 0.270 e. The minimum absolute atomic E-state index is 0.0834. The number of amides is 1. The van der Waals surface area contributed by atoms with Crippen molar-refractivity contribution in [1.29, 1.82) is 0 Å². The van der Waals surface area contributed by atoms with Crippen LogP contribution in [0.25, 0.3) is 0 Å². The van der Waals surface area contributed by atoms with Crippen LogP contribution in [0.2, 0.25) is 0 Å². The summed E-state index contributed by atoms with van der Waals surface area (Å²) < 4.78 is 0. The van der Waals surface area contributed by atoms with Gasteiger partial charge in [-0.25, -0.2) is 0 Å². The fraction of sp³-hybridized carbons (Fsp3) is 0.0714. The Labute approximate surface area is 125 Å². The molecule has 0 heterocycles. The second kappa shape index (κ2) is 6.27. The molecule has 1 amide bonds. The first kappa shape index (κ1) is 14.9. The van der Waals surface area contributed by atoms with Gasteiger partial charge in [-0.05, 0) is 24.5 Å². The maximum Gasteiger partial charge on any atom is 0.270 e. The van der Waals surface area contributed by atoms with E-state index in [1.807, 2.05) is 18.4 Å². The zero-order valence-electron chi connectivity index (χ0n) is 11.2. The van der Waals surface area contributed by atoms with Gasteiger partial charge in [-0.2, -0.15) is 0 Å². The van der Waals surface area contributed by atoms with Crippen LogP contribution in [0.15, 0.2) is 47.4 Å². The summed E-state index contributed by atoms with van der Waals surface area (Å²) in [6.07, 6.45) is 1.90. The number of nitrogens with zero attached hydrogens (tertiary/aromatic N) is 1. The lowest BCUT2D eigenvalue weighted by Crippen LogP contribution is -2.14. The van der Waals surface area contributed by atoms with Crippen LogP contribution in [0.4, 0.5) is 17.1 Å². The molecular weight excluding hydrogens is 290 g/mol. The summed E-state index contributed by atoms with van der Waals surface area (Å²) in [6.45, 7) is 0. The topological polar surface area (TPSA) is 98.3 Å². The third kappa shape index (κ3) is 3.32. The first-order chi connectivity index (χ1) is 10.0. The van der Waals surface area contributed by atoms with E-state index in [1.54, 1.807) is 12.1 Å². The van der Waals surface area contributed by atoms with Crippen LogP contribution in [-0.4, -0.2) is 17.1 Å². The van der Waals surface area contributed by atoms with Crippen LogP contribution < -0.4 is 11.1 Å². The Morgan fingerprint density at radius 3 is 2.67 bits per heavy atom. The minimum atomic E-state index is -0.563. The molecule has 0 aliphatic carbocycles. The predicted molar refractivity (Wildman–Crippen MR) is 83.7 cm³/mol. The molecule has 3 N–H and O–H groups in total. The van der Waals surface area contributed by atoms with Crippen molar-refractivity contribution in [3.8, 4) is 0 Å². The quantitative estimate of drug-likeness (QED) is 0.391. The van der Waals surface area contributed by atoms with Gasteiger partial charge in [0.15, 0.2) is 0 Å². The molecule has 0 aliphatic rings. The zero-order valence-corrected chi connectivity index (χ0v) is 12.0. The Bertz CT molecular complexity index is 704. The first-order valence-corrected chi connectivity index (χ1v) is 7.23. The molecule has 2 aromatic rings. The van der Waals surface area contributed by atoms with Crippen molar-refractivity contribution in [2.24, 2.45) is 0 Å². The number of thioether (sulfide) groups is 1. The summed E-state index contributed by atoms with van der Waals surface area (Å²) in [5, 5.41) is 13.5. The number of para-hydroxylation sites is 1. The van der Waals surface area contributed by atoms with Gasteiger partial charge in [-0.3, -0.25) is 14.9 Å². The van der Waals surface area contributed by atoms with Crippen LogP contribution in [0.3, 0.4) is 0 Å². The maximum atomic E-state index is 12.3. The maximum absolute atomic E-state index is 12.3. The van der Waals surface area contributed by atoms with Gasteiger partial charge in [0.2, 0.25) is 0 Å². The molecule has 0 fully saturated rings. The number of nitrogens with one attached hydrogen (secondary N) is 1. The van der Waals surface area contributed by atoms with E-state index in [0.717, 1.165) is 4.90 Å². The van der Waals surface area contributed by atoms with Gasteiger partial charge in [0.25, 0.3) is 11.6 Å². The number of hydrogen-bond acceptors (Lipinski definition) is 5. The number of carbonyl (C=O) groups is 1. The predicted octanol–water partition coefficient (Wildman–Crippen LogP) is 3.15. The van der Waals surface area contributed by atoms with Crippen LogP contribution >= 0.6 is 11.8 Å². The van der Waals surface area contributed by atoms with Crippen molar-refractivity contribution >= 4 is 34.7 Å². The van der Waals surface area contributed by atoms with E-state index < -0.39 is 10.8 Å². The van der Waals surface area contributed by atoms with Crippen LogP contribution in [0, 0.1) is 10.1 Å². The fourth-order valence-corrected chi connectivity index (χ4v) is 2.35. The van der Waals surface area contributed by atoms with Crippen molar-refractivity contribution in [2.45, 2.75) is 4.90 Å². The molecule has 7 heteroatoms. The lowest BCUT2D eigenvalue weighted by atomic mass is 10.1. The van der Waals surface area contributed by atoms with Gasteiger partial charge in [-0.15, -0.1) is 11.8 Å². The zero-order chi connectivity index (χ0) is 15.4. The highest BCUT2D eigenvalue weighted by molar-refractivity contribution is 7.98. The summed E-state index contributed by atoms with van der Waals surface area (Å²) in [4.78, 5) is 23.4. The molecule has 0 atom stereocenters. The molecule has 2 rings (SSSR count). The molecule has 0 aliphatic heterocycles. The molecule has 6 nitrogen and oxygen atoms in total. The molecule has 0 saturated carbocycles. The standard InChI is InChI=1S/C14H13N3O3S/c1-21-13-5-3-2-4-12(13)16-14(18)10-8-9(17(19)20)6-7-11(10)15/h2-8H,15H2,1H3,(H,16,18). The number of anilines is 2. The molecule has 2 aromatic carbocycles. The van der Waals surface area contributed by atoms with Gasteiger partial charge in [0, 0.05) is 22.7 Å². The van der Waals surface area contributed by atoms with Crippen molar-refractivity contribution in [3.05, 3.63) is 58.1 Å². The van der Waals surface area contributed by atoms with Gasteiger partial charge < -0.3 is 11.1 Å². The molecule has 0 bridgehead atoms. The molecule has 0 saturated heterocycles. The van der Waals surface area contributed by atoms with Gasteiger partial charge in [-0.1, -0.05) is 12.1 Å². The van der Waals surface area contributed by atoms with Crippen LogP contribution in [-0.2, 0) is 0 Å². The normalized spacial score (nSPS) is 10.1. The second-order valence-electron chi connectivity index (χ2n) is 4.18. The highest BCUT2D eigenvalue weighted by Crippen LogP contribution is 2.26. The van der Waals surface area contributed by atoms with Gasteiger partial charge in [0.05, 0.1) is 16.2 Å². The van der Waals surface area contributed by atoms with E-state index in [-0.39, 0.29) is 16.9 Å². The Balaban J connectivity index is 2.32. The molecular formula is C14H13N3O3S. The number of nitrogens with two attached hydrogens (primary N) is 1. The lowest BCUT2D eigenvalue weighted by Gasteiger charge is -2.10. The Morgan fingerprint density at radius 2 is 2.00 bits per heavy atom. The monoisotopic (exact) mass is 303 g/mol. The van der Waals surface area contributed by atoms with Gasteiger partial charge >= 0.3 is 0 Å². The second-order valence-corrected chi connectivity index (χ2v) is 5.03. The van der Waals surface area contributed by atoms with E-state index in [1.165, 1.54) is 30.0 Å². The van der Waals surface area contributed by atoms with Gasteiger partial charge in [0.1, 0.15) is 0 Å². The summed E-state index contributed by atoms with van der Waals surface area (Å²) in [5.41, 5.74) is 6.47. The Hall–Kier alpha value is -2.54. The molecule has 0 unspecified atom stereocenters. The molecule has 108 valence electrons. The van der Waals surface area contributed by atoms with E-state index in [0.29, 0.717) is 5.69 Å². The number of nitrogen functional groups attached to an aromatic ring is 1. The Morgan fingerprint density at radius 1 is 1.29 bits per heavy atom. The Kier molecular flexibility index (Phi) is 4.44. The van der Waals surface area contributed by atoms with E-state index >= 15 is 0 Å². The summed E-state index contributed by atoms with van der Waals surface area (Å²) in [7, 11) is 0. The summed E-state index contributed by atoms with van der Waals surface area (Å²) in [6, 6.07) is 11.1. The number of nitro benzene ring substituents is 1. The number of benzene rings is 2. The number of non-ortho nitro benzene ring substituents is 1. The number of carbonyl (C=O) groups excluding carboxylic acids is 1. The number of hydrogen-bond donors (Lipinski definition) is 2. The lowest BCUT2D eigenvalue weighted by molar-refractivity contribution is -0.384. The summed E-state index contributed by atoms with van der Waals surface area (Å²) >= 11 is 1.49. The van der Waals surface area contributed by atoms with Crippen LogP contribution in [0.1, 0.15) is 10.4 Å². The summed E-state index contributed by atoms with van der Waals surface area (Å²) in [5.74, 6) is -0.474. The fourth-order valence-electron chi connectivity index (χ4n) is 1.79. The average Bonchev–Trinajstić information content (AvgIpc) is 2.47. The van der Waals surface area contributed by atoms with Crippen LogP contribution in [0.5, 0.6) is 0 Å². The minimum Gasteiger partial charge on any atom is -0.398 e. The van der Waals surface area contributed by atoms with Crippen molar-refractivity contribution in [2.75, 3.05) is 17.3 Å². The largest absolute Gasteiger partial charge is 0.398 e. The molecule has 21 heavy (non-hydrogen) atoms. The first-order valence-electron chi connectivity index (χ1n) is 6.01. The van der Waals surface area contributed by atoms with Crippen molar-refractivity contribution < 1.29 is 9.72 Å². The third-order valence-corrected chi connectivity index (χ3v) is 3.64. The highest BCUT2D eigenvalue weighted by atomic mass is 32.2. The van der Waals surface area contributed by atoms with Crippen molar-refractivity contribution in [1.82, 2.24) is 0 Å². The van der Waals surface area contributed by atoms with E-state index in [2.05, 4.69) is 5.32 Å². The SMILES string of the molecule is CSc1ccccc1NC(=O)c1cc([N+](=O)[O-])ccc1N. The number of nitro groups is 1. The molecule has 0 radical (unpaired) electrons. The highest BCUT2D eigenvalue weighted by Gasteiger charge is 2.16. The molecule has 0 aromatic heterocycles. The van der Waals surface area contributed by atoms with E-state index in [4.69, 9.17) is 5.73 Å². The molecule has 0 spiro atoms. The van der Waals surface area contributed by atoms with Crippen molar-refractivity contribution in [3.63, 3.8) is 0 Å². The third-order valence-electron chi connectivity index (χ3n) is 2.85. The number of rotatable bonds is 4.